The number of alkyl carbamates (subject to hydrolysis) is 1. The zero-order chi connectivity index (χ0) is 25.8. The van der Waals surface area contributed by atoms with Crippen LogP contribution in [0.3, 0.4) is 0 Å². The Labute approximate surface area is 206 Å². The smallest absolute Gasteiger partial charge is 0.408 e. The van der Waals surface area contributed by atoms with Gasteiger partial charge in [0, 0.05) is 25.0 Å². The molecule has 1 heterocycles. The summed E-state index contributed by atoms with van der Waals surface area (Å²) in [6.07, 6.45) is 0.202. The van der Waals surface area contributed by atoms with Crippen molar-refractivity contribution >= 4 is 24.0 Å². The average Bonchev–Trinajstić information content (AvgIpc) is 3.11. The third-order valence-electron chi connectivity index (χ3n) is 6.65. The first-order valence-electron chi connectivity index (χ1n) is 12.0. The van der Waals surface area contributed by atoms with E-state index in [-0.39, 0.29) is 36.5 Å². The van der Waals surface area contributed by atoms with Gasteiger partial charge in [0.15, 0.2) is 0 Å². The number of amides is 4. The fraction of sp³-hybridized carbons (Fsp3) is 0.600. The molecule has 35 heavy (non-hydrogen) atoms. The van der Waals surface area contributed by atoms with E-state index in [0.717, 1.165) is 5.56 Å². The van der Waals surface area contributed by atoms with Crippen molar-refractivity contribution in [3.63, 3.8) is 0 Å². The van der Waals surface area contributed by atoms with Gasteiger partial charge in [-0.3, -0.25) is 9.59 Å². The monoisotopic (exact) mass is 488 g/mol. The lowest BCUT2D eigenvalue weighted by Gasteiger charge is -2.50. The van der Waals surface area contributed by atoms with Crippen LogP contribution in [0.1, 0.15) is 58.9 Å². The Morgan fingerprint density at radius 3 is 2.40 bits per heavy atom. The first-order valence-corrected chi connectivity index (χ1v) is 12.0. The number of ether oxygens (including phenoxy) is 1. The van der Waals surface area contributed by atoms with Gasteiger partial charge in [-0.15, -0.1) is 0 Å². The summed E-state index contributed by atoms with van der Waals surface area (Å²) in [5.41, 5.74) is 0.338. The number of rotatable bonds is 6. The Hall–Kier alpha value is -3.30. The van der Waals surface area contributed by atoms with Gasteiger partial charge < -0.3 is 30.3 Å². The van der Waals surface area contributed by atoms with Crippen LogP contribution in [0.25, 0.3) is 0 Å². The van der Waals surface area contributed by atoms with Gasteiger partial charge in [-0.2, -0.15) is 0 Å². The van der Waals surface area contributed by atoms with Crippen molar-refractivity contribution < 1.29 is 29.0 Å². The Balaban J connectivity index is 1.70. The van der Waals surface area contributed by atoms with E-state index >= 15 is 0 Å². The first kappa shape index (κ1) is 26.3. The summed E-state index contributed by atoms with van der Waals surface area (Å²) in [7, 11) is 0. The van der Waals surface area contributed by atoms with Crippen molar-refractivity contribution in [3.05, 3.63) is 35.9 Å². The van der Waals surface area contributed by atoms with Gasteiger partial charge in [-0.1, -0.05) is 30.3 Å². The largest absolute Gasteiger partial charge is 0.465 e. The lowest BCUT2D eigenvalue weighted by Crippen LogP contribution is -2.63. The van der Waals surface area contributed by atoms with Crippen LogP contribution < -0.4 is 10.6 Å². The van der Waals surface area contributed by atoms with Gasteiger partial charge in [0.2, 0.25) is 11.8 Å². The van der Waals surface area contributed by atoms with Gasteiger partial charge in [0.25, 0.3) is 0 Å². The van der Waals surface area contributed by atoms with E-state index in [1.54, 1.807) is 9.80 Å². The zero-order valence-corrected chi connectivity index (χ0v) is 20.8. The molecule has 10 heteroatoms. The van der Waals surface area contributed by atoms with Crippen molar-refractivity contribution in [1.82, 2.24) is 20.4 Å². The van der Waals surface area contributed by atoms with Crippen LogP contribution in [0.5, 0.6) is 0 Å². The maximum Gasteiger partial charge on any atom is 0.408 e. The number of hydrogen-bond donors (Lipinski definition) is 3. The predicted molar refractivity (Wildman–Crippen MR) is 129 cm³/mol. The summed E-state index contributed by atoms with van der Waals surface area (Å²) in [4.78, 5) is 53.0. The molecule has 2 fully saturated rings. The summed E-state index contributed by atoms with van der Waals surface area (Å²) in [5, 5.41) is 14.4. The van der Waals surface area contributed by atoms with Crippen molar-refractivity contribution in [2.75, 3.05) is 6.54 Å². The van der Waals surface area contributed by atoms with E-state index in [1.165, 1.54) is 6.92 Å². The lowest BCUT2D eigenvalue weighted by atomic mass is 9.82. The maximum absolute atomic E-state index is 13.3. The van der Waals surface area contributed by atoms with E-state index in [9.17, 15) is 24.3 Å². The quantitative estimate of drug-likeness (QED) is 0.565. The number of nitrogens with zero attached hydrogens (tertiary/aromatic N) is 2. The number of likely N-dealkylation sites (tertiary alicyclic amines) is 1. The van der Waals surface area contributed by atoms with E-state index in [0.29, 0.717) is 32.2 Å². The fourth-order valence-electron chi connectivity index (χ4n) is 5.35. The predicted octanol–water partition coefficient (Wildman–Crippen LogP) is 2.72. The highest BCUT2D eigenvalue weighted by Crippen LogP contribution is 2.34. The molecular formula is C25H36N4O6. The molecule has 10 nitrogen and oxygen atoms in total. The molecule has 0 spiro atoms. The minimum atomic E-state index is -1.10. The minimum absolute atomic E-state index is 0.110. The first-order chi connectivity index (χ1) is 16.5. The molecule has 1 saturated heterocycles. The zero-order valence-electron chi connectivity index (χ0n) is 20.8. The summed E-state index contributed by atoms with van der Waals surface area (Å²) < 4.78 is 5.27. The molecule has 3 N–H and O–H groups in total. The molecule has 0 bridgehead atoms. The second kappa shape index (κ2) is 11.0. The van der Waals surface area contributed by atoms with E-state index in [4.69, 9.17) is 4.74 Å². The molecule has 0 aromatic heterocycles. The summed E-state index contributed by atoms with van der Waals surface area (Å²) in [5.74, 6) is -0.340. The van der Waals surface area contributed by atoms with Crippen molar-refractivity contribution in [2.24, 2.45) is 0 Å². The Morgan fingerprint density at radius 1 is 1.11 bits per heavy atom. The summed E-state index contributed by atoms with van der Waals surface area (Å²) in [6, 6.07) is 7.65. The molecule has 1 saturated carbocycles. The molecule has 0 radical (unpaired) electrons. The van der Waals surface area contributed by atoms with Crippen molar-refractivity contribution in [1.29, 1.82) is 0 Å². The molecule has 1 aliphatic heterocycles. The molecule has 3 rings (SSSR count). The van der Waals surface area contributed by atoms with Crippen LogP contribution in [0.15, 0.2) is 30.3 Å². The average molecular weight is 489 g/mol. The van der Waals surface area contributed by atoms with Crippen LogP contribution in [-0.2, 0) is 20.9 Å². The fourth-order valence-corrected chi connectivity index (χ4v) is 5.35. The molecule has 1 aliphatic carbocycles. The van der Waals surface area contributed by atoms with Crippen LogP contribution in [-0.4, -0.2) is 75.2 Å². The molecule has 4 amide bonds. The SMILES string of the molecule is CC(=O)N([C@@H]1CC(NC(=O)O)CC[C@@H]1N1CCC(NC(=O)OCc2ccccc2)C1=O)C(C)(C)C. The second-order valence-electron chi connectivity index (χ2n) is 10.2. The molecule has 1 aromatic rings. The molecule has 2 aliphatic rings. The molecule has 2 unspecified atom stereocenters. The highest BCUT2D eigenvalue weighted by Gasteiger charge is 2.47. The van der Waals surface area contributed by atoms with Crippen LogP contribution >= 0.6 is 0 Å². The van der Waals surface area contributed by atoms with Gasteiger partial charge in [-0.05, 0) is 52.0 Å². The highest BCUT2D eigenvalue weighted by molar-refractivity contribution is 5.88. The molecule has 192 valence electrons. The summed E-state index contributed by atoms with van der Waals surface area (Å²) >= 11 is 0. The maximum atomic E-state index is 13.3. The number of carbonyl (C=O) groups excluding carboxylic acids is 3. The van der Waals surface area contributed by atoms with E-state index in [2.05, 4.69) is 10.6 Å². The summed E-state index contributed by atoms with van der Waals surface area (Å²) in [6.45, 7) is 7.83. The van der Waals surface area contributed by atoms with E-state index in [1.807, 2.05) is 51.1 Å². The Kier molecular flexibility index (Phi) is 8.24. The van der Waals surface area contributed by atoms with Gasteiger partial charge in [-0.25, -0.2) is 9.59 Å². The van der Waals surface area contributed by atoms with Crippen molar-refractivity contribution in [3.8, 4) is 0 Å². The van der Waals surface area contributed by atoms with Crippen LogP contribution in [0.4, 0.5) is 9.59 Å². The van der Waals surface area contributed by atoms with Crippen LogP contribution in [0, 0.1) is 0 Å². The Bertz CT molecular complexity index is 932. The van der Waals surface area contributed by atoms with Gasteiger partial charge in [0.1, 0.15) is 12.6 Å². The number of carboxylic acid groups (broad SMARTS) is 1. The standard InChI is InChI=1S/C25H36N4O6/c1-16(30)29(25(2,3)4)21-14-18(26-23(32)33)10-11-20(21)28-13-12-19(22(28)31)27-24(34)35-15-17-8-6-5-7-9-17/h5-9,18-21,26H,10-15H2,1-4H3,(H,27,34)(H,32,33)/t18?,19?,20-,21+/m0/s1. The molecule has 1 aromatic carbocycles. The number of nitrogens with one attached hydrogen (secondary N) is 2. The molecule has 4 atom stereocenters. The third kappa shape index (κ3) is 6.64. The van der Waals surface area contributed by atoms with Gasteiger partial charge in [0.05, 0.1) is 12.1 Å². The topological polar surface area (TPSA) is 128 Å². The Morgan fingerprint density at radius 2 is 1.80 bits per heavy atom. The lowest BCUT2D eigenvalue weighted by molar-refractivity contribution is -0.145. The number of carbonyl (C=O) groups is 4. The number of hydrogen-bond acceptors (Lipinski definition) is 5. The second-order valence-corrected chi connectivity index (χ2v) is 10.2. The molecular weight excluding hydrogens is 452 g/mol. The van der Waals surface area contributed by atoms with Gasteiger partial charge >= 0.3 is 12.2 Å². The van der Waals surface area contributed by atoms with Crippen molar-refractivity contribution in [2.45, 2.75) is 89.7 Å². The highest BCUT2D eigenvalue weighted by atomic mass is 16.5. The number of benzene rings is 1. The minimum Gasteiger partial charge on any atom is -0.465 e. The van der Waals surface area contributed by atoms with E-state index < -0.39 is 23.8 Å². The normalized spacial score (nSPS) is 24.6. The third-order valence-corrected chi connectivity index (χ3v) is 6.65. The van der Waals surface area contributed by atoms with Crippen LogP contribution in [0.2, 0.25) is 0 Å².